The van der Waals surface area contributed by atoms with Gasteiger partial charge in [0.25, 0.3) is 0 Å². The van der Waals surface area contributed by atoms with Crippen LogP contribution in [0.3, 0.4) is 0 Å². The first-order valence-electron chi connectivity index (χ1n) is 5.30. The second kappa shape index (κ2) is 5.28. The molecule has 0 aromatic carbocycles. The van der Waals surface area contributed by atoms with E-state index in [0.29, 0.717) is 12.6 Å². The third-order valence-corrected chi connectivity index (χ3v) is 2.67. The third-order valence-electron chi connectivity index (χ3n) is 2.67. The van der Waals surface area contributed by atoms with E-state index in [1.54, 1.807) is 0 Å². The Bertz CT molecular complexity index is 287. The molecule has 1 aromatic rings. The van der Waals surface area contributed by atoms with Gasteiger partial charge < -0.3 is 14.6 Å². The summed E-state index contributed by atoms with van der Waals surface area (Å²) < 4.78 is 5.47. The summed E-state index contributed by atoms with van der Waals surface area (Å²) in [6, 6.07) is 0.516. The Morgan fingerprint density at radius 1 is 1.40 bits per heavy atom. The molecule has 0 radical (unpaired) electrons. The third kappa shape index (κ3) is 3.64. The zero-order valence-corrected chi connectivity index (χ0v) is 10.3. The standard InChI is InChI=1S/C11H21N3O/c1-8(14(4)5)6-12-7-11-13-9(2)10(3)15-11/h8,12H,6-7H2,1-5H3. The normalized spacial score (nSPS) is 13.5. The highest BCUT2D eigenvalue weighted by Crippen LogP contribution is 2.07. The van der Waals surface area contributed by atoms with Gasteiger partial charge in [0.15, 0.2) is 0 Å². The number of hydrogen-bond donors (Lipinski definition) is 1. The second-order valence-corrected chi connectivity index (χ2v) is 4.19. The number of nitrogens with one attached hydrogen (secondary N) is 1. The summed E-state index contributed by atoms with van der Waals surface area (Å²) in [5, 5.41) is 3.33. The molecule has 1 N–H and O–H groups in total. The van der Waals surface area contributed by atoms with E-state index in [9.17, 15) is 0 Å². The fraction of sp³-hybridized carbons (Fsp3) is 0.727. The average molecular weight is 211 g/mol. The van der Waals surface area contributed by atoms with E-state index in [1.807, 2.05) is 13.8 Å². The second-order valence-electron chi connectivity index (χ2n) is 4.19. The minimum Gasteiger partial charge on any atom is -0.444 e. The fourth-order valence-corrected chi connectivity index (χ4v) is 1.19. The van der Waals surface area contributed by atoms with Crippen LogP contribution < -0.4 is 5.32 Å². The van der Waals surface area contributed by atoms with Gasteiger partial charge in [0.1, 0.15) is 5.76 Å². The molecule has 0 aliphatic heterocycles. The van der Waals surface area contributed by atoms with Crippen molar-refractivity contribution in [1.82, 2.24) is 15.2 Å². The van der Waals surface area contributed by atoms with Crippen LogP contribution in [0.1, 0.15) is 24.3 Å². The lowest BCUT2D eigenvalue weighted by atomic mass is 10.3. The van der Waals surface area contributed by atoms with E-state index in [4.69, 9.17) is 4.42 Å². The quantitative estimate of drug-likeness (QED) is 0.798. The molecule has 0 saturated carbocycles. The molecular weight excluding hydrogens is 190 g/mol. The summed E-state index contributed by atoms with van der Waals surface area (Å²) in [4.78, 5) is 6.49. The number of nitrogens with zero attached hydrogens (tertiary/aromatic N) is 2. The SMILES string of the molecule is Cc1nc(CNCC(C)N(C)C)oc1C. The molecule has 1 rings (SSSR count). The summed E-state index contributed by atoms with van der Waals surface area (Å²) in [6.45, 7) is 7.72. The van der Waals surface area contributed by atoms with Crippen LogP contribution in [-0.2, 0) is 6.54 Å². The van der Waals surface area contributed by atoms with Gasteiger partial charge in [0.2, 0.25) is 5.89 Å². The zero-order valence-electron chi connectivity index (χ0n) is 10.3. The van der Waals surface area contributed by atoms with E-state index < -0.39 is 0 Å². The maximum atomic E-state index is 5.47. The van der Waals surface area contributed by atoms with Crippen molar-refractivity contribution in [2.24, 2.45) is 0 Å². The van der Waals surface area contributed by atoms with Gasteiger partial charge in [-0.1, -0.05) is 0 Å². The highest BCUT2D eigenvalue weighted by Gasteiger charge is 2.07. The fourth-order valence-electron chi connectivity index (χ4n) is 1.19. The van der Waals surface area contributed by atoms with Crippen molar-refractivity contribution in [1.29, 1.82) is 0 Å². The largest absolute Gasteiger partial charge is 0.444 e. The van der Waals surface area contributed by atoms with Crippen LogP contribution in [0.5, 0.6) is 0 Å². The number of aryl methyl sites for hydroxylation is 2. The predicted octanol–water partition coefficient (Wildman–Crippen LogP) is 1.33. The van der Waals surface area contributed by atoms with Gasteiger partial charge in [-0.05, 0) is 34.9 Å². The summed E-state index contributed by atoms with van der Waals surface area (Å²) in [5.74, 6) is 1.68. The van der Waals surface area contributed by atoms with Crippen molar-refractivity contribution in [2.75, 3.05) is 20.6 Å². The van der Waals surface area contributed by atoms with Gasteiger partial charge in [-0.25, -0.2) is 4.98 Å². The molecule has 15 heavy (non-hydrogen) atoms. The van der Waals surface area contributed by atoms with Gasteiger partial charge in [-0.2, -0.15) is 0 Å². The Kier molecular flexibility index (Phi) is 4.29. The summed E-state index contributed by atoms with van der Waals surface area (Å²) in [6.07, 6.45) is 0. The van der Waals surface area contributed by atoms with Crippen molar-refractivity contribution >= 4 is 0 Å². The molecule has 1 unspecified atom stereocenters. The topological polar surface area (TPSA) is 41.3 Å². The molecule has 0 fully saturated rings. The Labute approximate surface area is 91.7 Å². The molecule has 0 bridgehead atoms. The zero-order chi connectivity index (χ0) is 11.4. The summed E-state index contributed by atoms with van der Waals surface area (Å²) >= 11 is 0. The molecule has 0 aliphatic carbocycles. The highest BCUT2D eigenvalue weighted by atomic mass is 16.4. The predicted molar refractivity (Wildman–Crippen MR) is 60.8 cm³/mol. The van der Waals surface area contributed by atoms with Crippen LogP contribution >= 0.6 is 0 Å². The van der Waals surface area contributed by atoms with Gasteiger partial charge >= 0.3 is 0 Å². The first kappa shape index (κ1) is 12.2. The van der Waals surface area contributed by atoms with E-state index in [-0.39, 0.29) is 0 Å². The maximum absolute atomic E-state index is 5.47. The van der Waals surface area contributed by atoms with Crippen molar-refractivity contribution in [3.8, 4) is 0 Å². The molecule has 0 saturated heterocycles. The molecule has 4 heteroatoms. The molecule has 4 nitrogen and oxygen atoms in total. The number of aromatic nitrogens is 1. The highest BCUT2D eigenvalue weighted by molar-refractivity contribution is 5.05. The van der Waals surface area contributed by atoms with Crippen LogP contribution in [0.15, 0.2) is 4.42 Å². The van der Waals surface area contributed by atoms with Crippen molar-refractivity contribution in [2.45, 2.75) is 33.4 Å². The number of rotatable bonds is 5. The van der Waals surface area contributed by atoms with E-state index >= 15 is 0 Å². The lowest BCUT2D eigenvalue weighted by molar-refractivity contribution is 0.298. The van der Waals surface area contributed by atoms with Gasteiger partial charge in [0, 0.05) is 12.6 Å². The Morgan fingerprint density at radius 2 is 2.07 bits per heavy atom. The number of likely N-dealkylation sites (N-methyl/N-ethyl adjacent to an activating group) is 1. The van der Waals surface area contributed by atoms with E-state index in [2.05, 4.69) is 36.2 Å². The first-order chi connectivity index (χ1) is 7.00. The molecule has 1 heterocycles. The smallest absolute Gasteiger partial charge is 0.208 e. The number of hydrogen-bond acceptors (Lipinski definition) is 4. The molecular formula is C11H21N3O. The number of oxazole rings is 1. The van der Waals surface area contributed by atoms with Crippen LogP contribution in [0.25, 0.3) is 0 Å². The van der Waals surface area contributed by atoms with E-state index in [0.717, 1.165) is 23.9 Å². The van der Waals surface area contributed by atoms with Gasteiger partial charge in [0.05, 0.1) is 12.2 Å². The maximum Gasteiger partial charge on any atom is 0.208 e. The molecule has 86 valence electrons. The lowest BCUT2D eigenvalue weighted by Crippen LogP contribution is -2.35. The minimum absolute atomic E-state index is 0.516. The monoisotopic (exact) mass is 211 g/mol. The Balaban J connectivity index is 2.32. The van der Waals surface area contributed by atoms with Crippen molar-refractivity contribution in [3.05, 3.63) is 17.3 Å². The van der Waals surface area contributed by atoms with Gasteiger partial charge in [-0.15, -0.1) is 0 Å². The van der Waals surface area contributed by atoms with Crippen LogP contribution in [0, 0.1) is 13.8 Å². The molecule has 0 spiro atoms. The van der Waals surface area contributed by atoms with Gasteiger partial charge in [-0.3, -0.25) is 0 Å². The molecule has 0 amide bonds. The lowest BCUT2D eigenvalue weighted by Gasteiger charge is -2.19. The van der Waals surface area contributed by atoms with Crippen molar-refractivity contribution in [3.63, 3.8) is 0 Å². The van der Waals surface area contributed by atoms with Crippen molar-refractivity contribution < 1.29 is 4.42 Å². The Hall–Kier alpha value is -0.870. The molecule has 1 atom stereocenters. The summed E-state index contributed by atoms with van der Waals surface area (Å²) in [5.41, 5.74) is 0.979. The minimum atomic E-state index is 0.516. The molecule has 0 aliphatic rings. The average Bonchev–Trinajstić information content (AvgIpc) is 2.46. The van der Waals surface area contributed by atoms with Crippen LogP contribution in [0.2, 0.25) is 0 Å². The Morgan fingerprint density at radius 3 is 2.53 bits per heavy atom. The molecule has 1 aromatic heterocycles. The first-order valence-corrected chi connectivity index (χ1v) is 5.30. The summed E-state index contributed by atoms with van der Waals surface area (Å²) in [7, 11) is 4.15. The van der Waals surface area contributed by atoms with E-state index in [1.165, 1.54) is 0 Å². The van der Waals surface area contributed by atoms with Crippen LogP contribution in [0.4, 0.5) is 0 Å². The van der Waals surface area contributed by atoms with Crippen LogP contribution in [-0.4, -0.2) is 36.6 Å².